The fourth-order valence-corrected chi connectivity index (χ4v) is 13.4. The van der Waals surface area contributed by atoms with Gasteiger partial charge in [-0.1, -0.05) is 27.7 Å². The van der Waals surface area contributed by atoms with Crippen LogP contribution < -0.4 is 0 Å². The van der Waals surface area contributed by atoms with Crippen LogP contribution in [0.2, 0.25) is 0 Å². The number of esters is 7. The zero-order valence-electron chi connectivity index (χ0n) is 35.3. The Morgan fingerprint density at radius 2 is 1.43 bits per heavy atom. The summed E-state index contributed by atoms with van der Waals surface area (Å²) in [5.41, 5.74) is -16.4. The lowest BCUT2D eigenvalue weighted by Gasteiger charge is -2.77. The molecule has 330 valence electrons. The largest absolute Gasteiger partial charge is 0.472 e. The Morgan fingerprint density at radius 1 is 0.833 bits per heavy atom. The van der Waals surface area contributed by atoms with Crippen molar-refractivity contribution in [2.75, 3.05) is 7.11 Å². The minimum absolute atomic E-state index is 0.0246. The van der Waals surface area contributed by atoms with Gasteiger partial charge in [0.1, 0.15) is 29.0 Å². The normalized spacial score (nSPS) is 44.8. The standard InChI is InChI=1S/C41H52O19/c1-12-37-15-25-35(9,28(54-19(3)43)24-13-14-52-16-24)29(55-20(4)44)30(56-21(5)45)41(50)36(10)27(26(31(48)51-11)53-18(2)42)34(8)17-38(36,49)40(58-23(7)47,32(34)57-22(6)46)33(59-37)39(25,41)60-37/h13-14,16,25-30,32-33,49-50H,12,15,17H2,1-11H3. The van der Waals surface area contributed by atoms with Crippen LogP contribution in [0.25, 0.3) is 0 Å². The number of hydrogen-bond acceptors (Lipinski definition) is 19. The molecule has 1 aromatic rings. The zero-order valence-corrected chi connectivity index (χ0v) is 35.3. The van der Waals surface area contributed by atoms with Gasteiger partial charge in [-0.15, -0.1) is 0 Å². The van der Waals surface area contributed by atoms with Crippen molar-refractivity contribution < 1.29 is 90.8 Å². The molecular weight excluding hydrogens is 796 g/mol. The second kappa shape index (κ2) is 13.5. The molecule has 4 bridgehead atoms. The Balaban J connectivity index is 1.71. The number of hydrogen-bond donors (Lipinski definition) is 2. The van der Waals surface area contributed by atoms with Gasteiger partial charge < -0.3 is 57.3 Å². The molecule has 1 spiro atoms. The lowest BCUT2D eigenvalue weighted by Crippen LogP contribution is -2.97. The highest BCUT2D eigenvalue weighted by Gasteiger charge is 3.04. The Morgan fingerprint density at radius 3 is 1.93 bits per heavy atom. The van der Waals surface area contributed by atoms with Crippen LogP contribution in [-0.2, 0) is 76.2 Å². The maximum Gasteiger partial charge on any atom is 0.347 e. The first kappa shape index (κ1) is 43.5. The molecule has 19 nitrogen and oxygen atoms in total. The van der Waals surface area contributed by atoms with Gasteiger partial charge in [-0.2, -0.15) is 0 Å². The van der Waals surface area contributed by atoms with Crippen LogP contribution in [0.15, 0.2) is 23.0 Å². The first-order valence-corrected chi connectivity index (χ1v) is 19.8. The second-order valence-corrected chi connectivity index (χ2v) is 17.8. The third-order valence-corrected chi connectivity index (χ3v) is 14.8. The third kappa shape index (κ3) is 4.94. The number of methoxy groups -OCH3 is 1. The molecule has 7 rings (SSSR count). The number of fused-ring (bicyclic) bond motifs is 4. The lowest BCUT2D eigenvalue weighted by molar-refractivity contribution is -0.442. The molecule has 19 heteroatoms. The van der Waals surface area contributed by atoms with E-state index in [0.29, 0.717) is 0 Å². The smallest absolute Gasteiger partial charge is 0.347 e. The topological polar surface area (TPSA) is 256 Å². The van der Waals surface area contributed by atoms with Crippen molar-refractivity contribution in [3.8, 4) is 0 Å². The summed E-state index contributed by atoms with van der Waals surface area (Å²) < 4.78 is 61.5. The van der Waals surface area contributed by atoms with E-state index in [0.717, 1.165) is 48.7 Å². The number of furan rings is 1. The molecule has 16 atom stereocenters. The van der Waals surface area contributed by atoms with Crippen molar-refractivity contribution in [3.05, 3.63) is 24.2 Å². The molecule has 0 aromatic carbocycles. The van der Waals surface area contributed by atoms with E-state index in [9.17, 15) is 43.8 Å². The Hall–Kier alpha value is -4.59. The molecule has 2 N–H and O–H groups in total. The first-order valence-electron chi connectivity index (χ1n) is 19.8. The minimum Gasteiger partial charge on any atom is -0.472 e. The van der Waals surface area contributed by atoms with Crippen molar-refractivity contribution >= 4 is 41.8 Å². The molecular formula is C41H52O19. The SMILES string of the molecule is CCC12CC3C(C)(C(OC(C)=O)c4ccoc4)C(OC(C)=O)C(OC(C)=O)C4(O)C3(O1)C(O2)C1(OC(C)=O)C(OC(C)=O)C2(C)CC1(O)C4(C)C2C(OC(C)=O)C(=O)OC. The van der Waals surface area contributed by atoms with Crippen LogP contribution in [0.5, 0.6) is 0 Å². The van der Waals surface area contributed by atoms with E-state index in [1.165, 1.54) is 32.4 Å². The summed E-state index contributed by atoms with van der Waals surface area (Å²) in [7, 11) is 1.02. The third-order valence-electron chi connectivity index (χ3n) is 14.8. The highest BCUT2D eigenvalue weighted by Crippen LogP contribution is 2.87. The average Bonchev–Trinajstić information content (AvgIpc) is 3.94. The molecule has 16 unspecified atom stereocenters. The Kier molecular flexibility index (Phi) is 9.75. The molecule has 2 aliphatic heterocycles. The quantitative estimate of drug-likeness (QED) is 0.238. The van der Waals surface area contributed by atoms with Crippen LogP contribution in [0.1, 0.15) is 100 Å². The Labute approximate surface area is 344 Å². The van der Waals surface area contributed by atoms with Crippen molar-refractivity contribution in [1.29, 1.82) is 0 Å². The van der Waals surface area contributed by atoms with E-state index in [1.54, 1.807) is 13.8 Å². The zero-order chi connectivity index (χ0) is 44.6. The van der Waals surface area contributed by atoms with Crippen LogP contribution in [-0.4, -0.2) is 118 Å². The van der Waals surface area contributed by atoms with Crippen molar-refractivity contribution in [2.24, 2.45) is 28.1 Å². The van der Waals surface area contributed by atoms with E-state index in [-0.39, 0.29) is 18.4 Å². The highest BCUT2D eigenvalue weighted by molar-refractivity contribution is 5.80. The fourth-order valence-electron chi connectivity index (χ4n) is 13.4. The molecule has 6 fully saturated rings. The van der Waals surface area contributed by atoms with E-state index >= 15 is 0 Å². The molecule has 1 aromatic heterocycles. The molecule has 4 aliphatic carbocycles. The van der Waals surface area contributed by atoms with Gasteiger partial charge in [0.15, 0.2) is 24.1 Å². The van der Waals surface area contributed by atoms with Gasteiger partial charge in [-0.25, -0.2) is 4.79 Å². The minimum atomic E-state index is -2.93. The van der Waals surface area contributed by atoms with E-state index in [4.69, 9.17) is 47.0 Å². The van der Waals surface area contributed by atoms with Crippen LogP contribution in [0, 0.1) is 28.1 Å². The highest BCUT2D eigenvalue weighted by atomic mass is 16.8. The molecule has 0 amide bonds. The molecule has 60 heavy (non-hydrogen) atoms. The molecule has 3 heterocycles. The van der Waals surface area contributed by atoms with E-state index in [2.05, 4.69) is 0 Å². The summed E-state index contributed by atoms with van der Waals surface area (Å²) in [5, 5.41) is 28.6. The number of carbonyl (C=O) groups is 7. The van der Waals surface area contributed by atoms with E-state index < -0.39 is 141 Å². The van der Waals surface area contributed by atoms with Gasteiger partial charge in [-0.3, -0.25) is 28.8 Å². The van der Waals surface area contributed by atoms with Gasteiger partial charge in [0, 0.05) is 76.2 Å². The summed E-state index contributed by atoms with van der Waals surface area (Å²) in [6.07, 6.45) is -8.97. The monoisotopic (exact) mass is 848 g/mol. The van der Waals surface area contributed by atoms with Gasteiger partial charge in [0.2, 0.25) is 11.7 Å². The second-order valence-electron chi connectivity index (χ2n) is 17.8. The first-order chi connectivity index (χ1) is 27.8. The average molecular weight is 849 g/mol. The number of aliphatic hydroxyl groups is 2. The summed E-state index contributed by atoms with van der Waals surface area (Å²) in [5.74, 6) is -11.5. The maximum atomic E-state index is 14.6. The van der Waals surface area contributed by atoms with Gasteiger partial charge in [0.25, 0.3) is 0 Å². The summed E-state index contributed by atoms with van der Waals surface area (Å²) >= 11 is 0. The predicted molar refractivity (Wildman–Crippen MR) is 194 cm³/mol. The number of carbonyl (C=O) groups excluding carboxylic acids is 7. The molecule has 4 saturated carbocycles. The van der Waals surface area contributed by atoms with Gasteiger partial charge in [0.05, 0.1) is 25.1 Å². The summed E-state index contributed by atoms with van der Waals surface area (Å²) in [6.45, 7) is 12.5. The van der Waals surface area contributed by atoms with Crippen LogP contribution in [0.4, 0.5) is 0 Å². The predicted octanol–water partition coefficient (Wildman–Crippen LogP) is 1.91. The maximum absolute atomic E-state index is 14.6. The lowest BCUT2D eigenvalue weighted by atomic mass is 9.32. The van der Waals surface area contributed by atoms with Gasteiger partial charge >= 0.3 is 41.8 Å². The number of ether oxygens (including phenoxy) is 9. The fraction of sp³-hybridized carbons (Fsp3) is 0.732. The molecule has 0 radical (unpaired) electrons. The molecule has 6 aliphatic rings. The summed E-state index contributed by atoms with van der Waals surface area (Å²) in [6, 6.07) is 1.50. The van der Waals surface area contributed by atoms with Crippen molar-refractivity contribution in [1.82, 2.24) is 0 Å². The van der Waals surface area contributed by atoms with Crippen LogP contribution >= 0.6 is 0 Å². The van der Waals surface area contributed by atoms with Crippen molar-refractivity contribution in [3.63, 3.8) is 0 Å². The summed E-state index contributed by atoms with van der Waals surface area (Å²) in [4.78, 5) is 94.1. The van der Waals surface area contributed by atoms with Crippen LogP contribution in [0.3, 0.4) is 0 Å². The van der Waals surface area contributed by atoms with E-state index in [1.807, 2.05) is 0 Å². The number of rotatable bonds is 11. The molecule has 2 saturated heterocycles. The van der Waals surface area contributed by atoms with Crippen molar-refractivity contribution in [2.45, 2.75) is 153 Å². The Bertz CT molecular complexity index is 2030. The van der Waals surface area contributed by atoms with Gasteiger partial charge in [-0.05, 0) is 18.9 Å².